The van der Waals surface area contributed by atoms with E-state index in [0.29, 0.717) is 16.2 Å². The first-order chi connectivity index (χ1) is 12.7. The van der Waals surface area contributed by atoms with E-state index in [1.165, 1.54) is 24.9 Å². The van der Waals surface area contributed by atoms with E-state index in [1.807, 2.05) is 36.4 Å². The maximum Gasteiger partial charge on any atom is 0.256 e. The maximum atomic E-state index is 12.8. The first-order valence-corrected chi connectivity index (χ1v) is 9.30. The van der Waals surface area contributed by atoms with Crippen LogP contribution in [0.15, 0.2) is 54.6 Å². The van der Waals surface area contributed by atoms with Crippen LogP contribution in [0.5, 0.6) is 0 Å². The van der Waals surface area contributed by atoms with Crippen LogP contribution in [0, 0.1) is 0 Å². The molecule has 0 atom stereocenters. The number of nitrogens with zero attached hydrogens (tertiary/aromatic N) is 2. The molecule has 1 amide bonds. The normalized spacial score (nSPS) is 14.4. The van der Waals surface area contributed by atoms with Crippen molar-refractivity contribution >= 4 is 39.8 Å². The molecule has 1 aromatic heterocycles. The van der Waals surface area contributed by atoms with Gasteiger partial charge in [-0.1, -0.05) is 29.8 Å². The average Bonchev–Trinajstić information content (AvgIpc) is 2.68. The van der Waals surface area contributed by atoms with E-state index in [4.69, 9.17) is 11.6 Å². The first-order valence-electron chi connectivity index (χ1n) is 8.92. The summed E-state index contributed by atoms with van der Waals surface area (Å²) in [5.41, 5.74) is 3.22. The van der Waals surface area contributed by atoms with Crippen LogP contribution < -0.4 is 10.2 Å². The Kier molecular flexibility index (Phi) is 4.76. The zero-order valence-electron chi connectivity index (χ0n) is 14.4. The highest BCUT2D eigenvalue weighted by Crippen LogP contribution is 2.24. The second kappa shape index (κ2) is 7.34. The topological polar surface area (TPSA) is 45.2 Å². The molecule has 2 aromatic carbocycles. The number of nitrogens with one attached hydrogen (secondary N) is 1. The smallest absolute Gasteiger partial charge is 0.256 e. The van der Waals surface area contributed by atoms with Crippen molar-refractivity contribution in [2.45, 2.75) is 19.3 Å². The summed E-state index contributed by atoms with van der Waals surface area (Å²) in [5.74, 6) is -0.184. The fraction of sp³-hybridized carbons (Fsp3) is 0.238. The zero-order chi connectivity index (χ0) is 17.9. The summed E-state index contributed by atoms with van der Waals surface area (Å²) < 4.78 is 0. The highest BCUT2D eigenvalue weighted by atomic mass is 35.5. The molecular weight excluding hydrogens is 346 g/mol. The van der Waals surface area contributed by atoms with Gasteiger partial charge in [0.05, 0.1) is 11.1 Å². The largest absolute Gasteiger partial charge is 0.372 e. The Morgan fingerprint density at radius 1 is 1.00 bits per heavy atom. The van der Waals surface area contributed by atoms with Crippen LogP contribution in [0.1, 0.15) is 29.6 Å². The second-order valence-electron chi connectivity index (χ2n) is 6.56. The van der Waals surface area contributed by atoms with E-state index in [-0.39, 0.29) is 5.91 Å². The van der Waals surface area contributed by atoms with Crippen LogP contribution in [0.2, 0.25) is 5.15 Å². The molecule has 132 valence electrons. The summed E-state index contributed by atoms with van der Waals surface area (Å²) in [7, 11) is 0. The highest BCUT2D eigenvalue weighted by Gasteiger charge is 2.14. The van der Waals surface area contributed by atoms with E-state index in [1.54, 1.807) is 6.07 Å². The van der Waals surface area contributed by atoms with E-state index >= 15 is 0 Å². The molecule has 0 saturated carbocycles. The lowest BCUT2D eigenvalue weighted by atomic mass is 10.1. The number of pyridine rings is 1. The Hall–Kier alpha value is -2.59. The van der Waals surface area contributed by atoms with Gasteiger partial charge in [0.1, 0.15) is 5.15 Å². The molecule has 0 unspecified atom stereocenters. The van der Waals surface area contributed by atoms with Crippen LogP contribution in [-0.2, 0) is 0 Å². The lowest BCUT2D eigenvalue weighted by Crippen LogP contribution is -2.29. The van der Waals surface area contributed by atoms with Gasteiger partial charge in [0.25, 0.3) is 5.91 Å². The summed E-state index contributed by atoms with van der Waals surface area (Å²) >= 11 is 6.08. The number of benzene rings is 2. The van der Waals surface area contributed by atoms with Crippen LogP contribution in [0.25, 0.3) is 10.9 Å². The summed E-state index contributed by atoms with van der Waals surface area (Å²) in [6.07, 6.45) is 3.80. The van der Waals surface area contributed by atoms with E-state index in [9.17, 15) is 4.79 Å². The van der Waals surface area contributed by atoms with Crippen LogP contribution in [0.3, 0.4) is 0 Å². The molecule has 0 bridgehead atoms. The zero-order valence-corrected chi connectivity index (χ0v) is 15.2. The maximum absolute atomic E-state index is 12.8. The molecule has 4 rings (SSSR count). The van der Waals surface area contributed by atoms with Gasteiger partial charge in [-0.2, -0.15) is 0 Å². The van der Waals surface area contributed by atoms with Crippen molar-refractivity contribution in [2.24, 2.45) is 0 Å². The first kappa shape index (κ1) is 16.9. The lowest BCUT2D eigenvalue weighted by Gasteiger charge is -2.28. The molecule has 1 N–H and O–H groups in total. The average molecular weight is 366 g/mol. The molecule has 1 saturated heterocycles. The third kappa shape index (κ3) is 3.51. The van der Waals surface area contributed by atoms with Gasteiger partial charge >= 0.3 is 0 Å². The highest BCUT2D eigenvalue weighted by molar-refractivity contribution is 6.30. The third-order valence-corrected chi connectivity index (χ3v) is 4.97. The molecular formula is C21H20ClN3O. The molecule has 1 aliphatic heterocycles. The van der Waals surface area contributed by atoms with Crippen molar-refractivity contribution in [1.82, 2.24) is 4.98 Å². The molecule has 0 aliphatic carbocycles. The summed E-state index contributed by atoms with van der Waals surface area (Å²) in [5, 5.41) is 4.07. The standard InChI is InChI=1S/C21H20ClN3O/c22-20-14-18(17-6-2-3-7-19(17)24-20)21(26)23-15-8-10-16(11-9-15)25-12-4-1-5-13-25/h2-3,6-11,14H,1,4-5,12-13H2,(H,23,26). The van der Waals surface area contributed by atoms with Gasteiger partial charge < -0.3 is 10.2 Å². The number of halogens is 1. The summed E-state index contributed by atoms with van der Waals surface area (Å²) in [4.78, 5) is 19.4. The predicted molar refractivity (Wildman–Crippen MR) is 107 cm³/mol. The molecule has 0 radical (unpaired) electrons. The van der Waals surface area contributed by atoms with Crippen molar-refractivity contribution < 1.29 is 4.79 Å². The number of carbonyl (C=O) groups is 1. The number of para-hydroxylation sites is 1. The molecule has 5 heteroatoms. The number of piperidine rings is 1. The molecule has 1 fully saturated rings. The monoisotopic (exact) mass is 365 g/mol. The Morgan fingerprint density at radius 2 is 1.73 bits per heavy atom. The number of fused-ring (bicyclic) bond motifs is 1. The van der Waals surface area contributed by atoms with Gasteiger partial charge in [-0.15, -0.1) is 0 Å². The molecule has 4 nitrogen and oxygen atoms in total. The number of amides is 1. The predicted octanol–water partition coefficient (Wildman–Crippen LogP) is 5.13. The van der Waals surface area contributed by atoms with Gasteiger partial charge in [-0.25, -0.2) is 4.98 Å². The van der Waals surface area contributed by atoms with E-state index in [2.05, 4.69) is 27.3 Å². The number of hydrogen-bond acceptors (Lipinski definition) is 3. The van der Waals surface area contributed by atoms with E-state index < -0.39 is 0 Å². The van der Waals surface area contributed by atoms with Crippen molar-refractivity contribution in [2.75, 3.05) is 23.3 Å². The summed E-state index contributed by atoms with van der Waals surface area (Å²) in [6, 6.07) is 17.2. The molecule has 0 spiro atoms. The number of carbonyl (C=O) groups excluding carboxylic acids is 1. The number of hydrogen-bond donors (Lipinski definition) is 1. The molecule has 2 heterocycles. The van der Waals surface area contributed by atoms with Crippen molar-refractivity contribution in [1.29, 1.82) is 0 Å². The SMILES string of the molecule is O=C(Nc1ccc(N2CCCCC2)cc1)c1cc(Cl)nc2ccccc12. The second-order valence-corrected chi connectivity index (χ2v) is 6.95. The Balaban J connectivity index is 1.55. The molecule has 3 aromatic rings. The fourth-order valence-corrected chi connectivity index (χ4v) is 3.64. The minimum atomic E-state index is -0.184. The minimum absolute atomic E-state index is 0.184. The lowest BCUT2D eigenvalue weighted by molar-refractivity contribution is 0.102. The van der Waals surface area contributed by atoms with Crippen molar-refractivity contribution in [3.8, 4) is 0 Å². The minimum Gasteiger partial charge on any atom is -0.372 e. The summed E-state index contributed by atoms with van der Waals surface area (Å²) in [6.45, 7) is 2.21. The van der Waals surface area contributed by atoms with E-state index in [0.717, 1.165) is 24.2 Å². The van der Waals surface area contributed by atoms with Crippen LogP contribution in [-0.4, -0.2) is 24.0 Å². The Bertz CT molecular complexity index is 934. The number of anilines is 2. The van der Waals surface area contributed by atoms with Gasteiger partial charge in [-0.05, 0) is 55.7 Å². The Labute approximate surface area is 157 Å². The van der Waals surface area contributed by atoms with Crippen LogP contribution in [0.4, 0.5) is 11.4 Å². The molecule has 26 heavy (non-hydrogen) atoms. The number of rotatable bonds is 3. The number of aromatic nitrogens is 1. The Morgan fingerprint density at radius 3 is 2.50 bits per heavy atom. The molecule has 1 aliphatic rings. The van der Waals surface area contributed by atoms with Gasteiger partial charge in [0.15, 0.2) is 0 Å². The fourth-order valence-electron chi connectivity index (χ4n) is 3.44. The van der Waals surface area contributed by atoms with Crippen molar-refractivity contribution in [3.05, 3.63) is 65.3 Å². The van der Waals surface area contributed by atoms with Crippen LogP contribution >= 0.6 is 11.6 Å². The van der Waals surface area contributed by atoms with Gasteiger partial charge in [-0.3, -0.25) is 4.79 Å². The van der Waals surface area contributed by atoms with Crippen molar-refractivity contribution in [3.63, 3.8) is 0 Å². The van der Waals surface area contributed by atoms with Gasteiger partial charge in [0, 0.05) is 29.9 Å². The quantitative estimate of drug-likeness (QED) is 0.654. The third-order valence-electron chi connectivity index (χ3n) is 4.78. The van der Waals surface area contributed by atoms with Gasteiger partial charge in [0.2, 0.25) is 0 Å².